The van der Waals surface area contributed by atoms with Gasteiger partial charge in [0.15, 0.2) is 23.3 Å². The molecule has 0 heterocycles. The van der Waals surface area contributed by atoms with Gasteiger partial charge in [-0.05, 0) is 0 Å². The van der Waals surface area contributed by atoms with Crippen LogP contribution in [0.15, 0.2) is 0 Å². The summed E-state index contributed by atoms with van der Waals surface area (Å²) in [5.74, 6) is -12.5. The van der Waals surface area contributed by atoms with E-state index in [1.807, 2.05) is 0 Å². The van der Waals surface area contributed by atoms with E-state index in [4.69, 9.17) is 5.11 Å². The zero-order valence-electron chi connectivity index (χ0n) is 8.07. The first kappa shape index (κ1) is 13.8. The lowest BCUT2D eigenvalue weighted by molar-refractivity contribution is -0.133. The molecular weight excluding hydrogens is 267 g/mol. The first-order chi connectivity index (χ1) is 7.86. The van der Waals surface area contributed by atoms with Crippen LogP contribution in [-0.4, -0.2) is 16.8 Å². The summed E-state index contributed by atoms with van der Waals surface area (Å²) in [6.45, 7) is 0. The van der Waals surface area contributed by atoms with Crippen molar-refractivity contribution in [2.24, 2.45) is 0 Å². The highest BCUT2D eigenvalue weighted by Crippen LogP contribution is 2.26. The van der Waals surface area contributed by atoms with Gasteiger partial charge in [0.1, 0.15) is 0 Å². The molecule has 0 aromatic heterocycles. The summed E-state index contributed by atoms with van der Waals surface area (Å²) in [7, 11) is 0. The fourth-order valence-electron chi connectivity index (χ4n) is 1.02. The Morgan fingerprint density at radius 3 is 1.76 bits per heavy atom. The van der Waals surface area contributed by atoms with Gasteiger partial charge < -0.3 is 5.11 Å². The minimum Gasteiger partial charge on any atom is -0.481 e. The molecule has 0 saturated heterocycles. The Balaban J connectivity index is 3.03. The topological polar surface area (TPSA) is 37.3 Å². The van der Waals surface area contributed by atoms with Crippen molar-refractivity contribution in [3.8, 4) is 0 Å². The molecule has 1 rings (SSSR count). The van der Waals surface area contributed by atoms with Crippen molar-refractivity contribution in [3.63, 3.8) is 0 Å². The highest BCUT2D eigenvalue weighted by Gasteiger charge is 2.25. The lowest BCUT2D eigenvalue weighted by atomic mass is 10.2. The minimum absolute atomic E-state index is 0.501. The predicted octanol–water partition coefficient (Wildman–Crippen LogP) is 2.70. The van der Waals surface area contributed by atoms with Gasteiger partial charge in [0, 0.05) is 11.3 Å². The maximum atomic E-state index is 13.0. The Morgan fingerprint density at radius 1 is 0.941 bits per heavy atom. The molecule has 0 saturated carbocycles. The van der Waals surface area contributed by atoms with Crippen LogP contribution in [0.5, 0.6) is 0 Å². The number of hydrogen-bond donors (Lipinski definition) is 1. The zero-order valence-corrected chi connectivity index (χ0v) is 8.88. The third-order valence-electron chi connectivity index (χ3n) is 1.77. The Morgan fingerprint density at radius 2 is 1.35 bits per heavy atom. The van der Waals surface area contributed by atoms with Gasteiger partial charge in [-0.2, -0.15) is 0 Å². The van der Waals surface area contributed by atoms with Crippen LogP contribution in [0.2, 0.25) is 0 Å². The van der Waals surface area contributed by atoms with Gasteiger partial charge in [-0.3, -0.25) is 4.79 Å². The standard InChI is InChI=1S/C9H5F5O2S/c10-5-3(1-17-2-4(15)16)6(11)8(13)9(14)7(5)12/h1-2H2,(H,15,16). The number of benzene rings is 1. The van der Waals surface area contributed by atoms with E-state index in [1.165, 1.54) is 0 Å². The number of halogens is 5. The molecule has 0 spiro atoms. The van der Waals surface area contributed by atoms with Crippen LogP contribution < -0.4 is 0 Å². The summed E-state index contributed by atoms with van der Waals surface area (Å²) >= 11 is 0.531. The Bertz CT molecular complexity index is 434. The van der Waals surface area contributed by atoms with E-state index in [9.17, 15) is 26.7 Å². The molecule has 0 radical (unpaired) electrons. The van der Waals surface area contributed by atoms with Crippen LogP contribution in [0, 0.1) is 29.1 Å². The molecule has 1 N–H and O–H groups in total. The molecule has 0 unspecified atom stereocenters. The van der Waals surface area contributed by atoms with Gasteiger partial charge in [-0.15, -0.1) is 11.8 Å². The molecule has 17 heavy (non-hydrogen) atoms. The molecule has 2 nitrogen and oxygen atoms in total. The molecule has 1 aromatic rings. The van der Waals surface area contributed by atoms with E-state index in [-0.39, 0.29) is 0 Å². The van der Waals surface area contributed by atoms with Gasteiger partial charge in [0.2, 0.25) is 5.82 Å². The number of thioether (sulfide) groups is 1. The fourth-order valence-corrected chi connectivity index (χ4v) is 1.75. The summed E-state index contributed by atoms with van der Waals surface area (Å²) in [5, 5.41) is 8.27. The van der Waals surface area contributed by atoms with Crippen LogP contribution in [-0.2, 0) is 10.5 Å². The van der Waals surface area contributed by atoms with Gasteiger partial charge >= 0.3 is 5.97 Å². The number of carbonyl (C=O) groups is 1. The lowest BCUT2D eigenvalue weighted by Crippen LogP contribution is -2.07. The molecule has 0 bridgehead atoms. The number of carboxylic acid groups (broad SMARTS) is 1. The average Bonchev–Trinajstić information content (AvgIpc) is 2.28. The highest BCUT2D eigenvalue weighted by atomic mass is 32.2. The first-order valence-electron chi connectivity index (χ1n) is 4.16. The summed E-state index contributed by atoms with van der Waals surface area (Å²) < 4.78 is 64.1. The van der Waals surface area contributed by atoms with Crippen molar-refractivity contribution in [3.05, 3.63) is 34.6 Å². The largest absolute Gasteiger partial charge is 0.481 e. The van der Waals surface area contributed by atoms with Crippen molar-refractivity contribution < 1.29 is 31.9 Å². The van der Waals surface area contributed by atoms with Crippen molar-refractivity contribution in [1.29, 1.82) is 0 Å². The fraction of sp³-hybridized carbons (Fsp3) is 0.222. The second kappa shape index (κ2) is 5.35. The lowest BCUT2D eigenvalue weighted by Gasteiger charge is -2.07. The van der Waals surface area contributed by atoms with E-state index < -0.39 is 52.1 Å². The molecule has 94 valence electrons. The monoisotopic (exact) mass is 272 g/mol. The molecule has 0 aliphatic rings. The summed E-state index contributed by atoms with van der Waals surface area (Å²) in [4.78, 5) is 10.1. The molecule has 0 aliphatic carbocycles. The van der Waals surface area contributed by atoms with Crippen LogP contribution in [0.4, 0.5) is 22.0 Å². The van der Waals surface area contributed by atoms with Crippen LogP contribution in [0.3, 0.4) is 0 Å². The second-order valence-electron chi connectivity index (χ2n) is 2.94. The van der Waals surface area contributed by atoms with E-state index >= 15 is 0 Å². The van der Waals surface area contributed by atoms with E-state index in [1.54, 1.807) is 0 Å². The maximum absolute atomic E-state index is 13.0. The van der Waals surface area contributed by atoms with Gasteiger partial charge in [0.25, 0.3) is 0 Å². The predicted molar refractivity (Wildman–Crippen MR) is 50.0 cm³/mol. The molecule has 1 aromatic carbocycles. The van der Waals surface area contributed by atoms with Crippen LogP contribution >= 0.6 is 11.8 Å². The molecule has 0 aliphatic heterocycles. The van der Waals surface area contributed by atoms with Gasteiger partial charge in [0.05, 0.1) is 5.75 Å². The van der Waals surface area contributed by atoms with Crippen molar-refractivity contribution in [2.75, 3.05) is 5.75 Å². The number of aliphatic carboxylic acids is 1. The summed E-state index contributed by atoms with van der Waals surface area (Å²) in [5.41, 5.74) is -1.02. The minimum atomic E-state index is -2.23. The normalized spacial score (nSPS) is 10.6. The van der Waals surface area contributed by atoms with Crippen LogP contribution in [0.1, 0.15) is 5.56 Å². The van der Waals surface area contributed by atoms with E-state index in [0.717, 1.165) is 0 Å². The molecule has 0 amide bonds. The number of hydrogen-bond acceptors (Lipinski definition) is 2. The van der Waals surface area contributed by atoms with Crippen molar-refractivity contribution >= 4 is 17.7 Å². The molecule has 0 fully saturated rings. The summed E-state index contributed by atoms with van der Waals surface area (Å²) in [6.07, 6.45) is 0. The average molecular weight is 272 g/mol. The Kier molecular flexibility index (Phi) is 4.33. The van der Waals surface area contributed by atoms with Crippen molar-refractivity contribution in [1.82, 2.24) is 0 Å². The van der Waals surface area contributed by atoms with E-state index in [2.05, 4.69) is 0 Å². The number of carboxylic acids is 1. The second-order valence-corrected chi connectivity index (χ2v) is 3.92. The third kappa shape index (κ3) is 2.87. The summed E-state index contributed by atoms with van der Waals surface area (Å²) in [6, 6.07) is 0. The van der Waals surface area contributed by atoms with Crippen molar-refractivity contribution in [2.45, 2.75) is 5.75 Å². The number of rotatable bonds is 4. The Labute approximate surface area is 96.4 Å². The van der Waals surface area contributed by atoms with Gasteiger partial charge in [-0.25, -0.2) is 22.0 Å². The van der Waals surface area contributed by atoms with Gasteiger partial charge in [-0.1, -0.05) is 0 Å². The maximum Gasteiger partial charge on any atom is 0.313 e. The molecule has 0 atom stereocenters. The SMILES string of the molecule is O=C(O)CSCc1c(F)c(F)c(F)c(F)c1F. The zero-order chi connectivity index (χ0) is 13.2. The Hall–Kier alpha value is -1.31. The molecule has 8 heteroatoms. The van der Waals surface area contributed by atoms with Crippen LogP contribution in [0.25, 0.3) is 0 Å². The highest BCUT2D eigenvalue weighted by molar-refractivity contribution is 7.99. The quantitative estimate of drug-likeness (QED) is 0.520. The smallest absolute Gasteiger partial charge is 0.313 e. The van der Waals surface area contributed by atoms with E-state index in [0.29, 0.717) is 11.8 Å². The third-order valence-corrected chi connectivity index (χ3v) is 2.72. The first-order valence-corrected chi connectivity index (χ1v) is 5.31. The molecular formula is C9H5F5O2S.